The Hall–Kier alpha value is -0.870. The topological polar surface area (TPSA) is 39.1 Å². The van der Waals surface area contributed by atoms with Crippen molar-refractivity contribution in [1.82, 2.24) is 14.9 Å². The number of ether oxygens (including phenoxy) is 1. The average molecular weight is 211 g/mol. The van der Waals surface area contributed by atoms with Crippen LogP contribution in [0.1, 0.15) is 32.0 Å². The van der Waals surface area contributed by atoms with E-state index in [-0.39, 0.29) is 6.04 Å². The number of aryl methyl sites for hydroxylation is 1. The smallest absolute Gasteiger partial charge is 0.0947 e. The van der Waals surface area contributed by atoms with Gasteiger partial charge in [-0.05, 0) is 13.0 Å². The average Bonchev–Trinajstić information content (AvgIpc) is 2.64. The van der Waals surface area contributed by atoms with Crippen molar-refractivity contribution >= 4 is 0 Å². The molecule has 0 aliphatic heterocycles. The summed E-state index contributed by atoms with van der Waals surface area (Å²) < 4.78 is 7.51. The minimum Gasteiger partial charge on any atom is -0.379 e. The molecule has 0 aromatic carbocycles. The van der Waals surface area contributed by atoms with Crippen LogP contribution >= 0.6 is 0 Å². The summed E-state index contributed by atoms with van der Waals surface area (Å²) in [6.07, 6.45) is 4.91. The van der Waals surface area contributed by atoms with Crippen molar-refractivity contribution in [2.75, 3.05) is 19.8 Å². The maximum absolute atomic E-state index is 5.55. The normalized spacial score (nSPS) is 13.0. The molecule has 1 N–H and O–H groups in total. The lowest BCUT2D eigenvalue weighted by molar-refractivity contribution is 0.111. The van der Waals surface area contributed by atoms with Gasteiger partial charge in [0.1, 0.15) is 0 Å². The van der Waals surface area contributed by atoms with Crippen molar-refractivity contribution in [1.29, 1.82) is 0 Å². The molecule has 4 heteroatoms. The lowest BCUT2D eigenvalue weighted by atomic mass is 10.2. The molecular formula is C11H21N3O. The van der Waals surface area contributed by atoms with Crippen LogP contribution < -0.4 is 5.32 Å². The second kappa shape index (κ2) is 6.58. The Morgan fingerprint density at radius 2 is 2.33 bits per heavy atom. The predicted molar refractivity (Wildman–Crippen MR) is 60.7 cm³/mol. The molecule has 0 aliphatic rings. The molecule has 1 rings (SSSR count). The van der Waals surface area contributed by atoms with E-state index in [2.05, 4.69) is 24.1 Å². The second-order valence-corrected chi connectivity index (χ2v) is 3.65. The van der Waals surface area contributed by atoms with E-state index < -0.39 is 0 Å². The molecule has 1 aromatic rings. The van der Waals surface area contributed by atoms with Crippen molar-refractivity contribution < 1.29 is 4.74 Å². The van der Waals surface area contributed by atoms with Crippen LogP contribution in [0, 0.1) is 0 Å². The zero-order chi connectivity index (χ0) is 11.1. The molecule has 1 atom stereocenters. The Bertz CT molecular complexity index is 273. The molecule has 4 nitrogen and oxygen atoms in total. The fourth-order valence-corrected chi connectivity index (χ4v) is 1.45. The summed E-state index contributed by atoms with van der Waals surface area (Å²) in [5.74, 6) is 0. The molecule has 0 aliphatic carbocycles. The van der Waals surface area contributed by atoms with Crippen LogP contribution in [-0.4, -0.2) is 29.3 Å². The number of imidazole rings is 1. The largest absolute Gasteiger partial charge is 0.379 e. The highest BCUT2D eigenvalue weighted by Crippen LogP contribution is 2.10. The monoisotopic (exact) mass is 211 g/mol. The van der Waals surface area contributed by atoms with Crippen LogP contribution in [-0.2, 0) is 11.8 Å². The van der Waals surface area contributed by atoms with Crippen molar-refractivity contribution in [3.8, 4) is 0 Å². The van der Waals surface area contributed by atoms with Gasteiger partial charge in [-0.2, -0.15) is 0 Å². The first-order valence-electron chi connectivity index (χ1n) is 5.56. The first kappa shape index (κ1) is 12.2. The second-order valence-electron chi connectivity index (χ2n) is 3.65. The molecule has 0 saturated carbocycles. The van der Waals surface area contributed by atoms with Gasteiger partial charge < -0.3 is 14.6 Å². The van der Waals surface area contributed by atoms with Crippen LogP contribution in [0.5, 0.6) is 0 Å². The lowest BCUT2D eigenvalue weighted by Crippen LogP contribution is -2.25. The predicted octanol–water partition coefficient (Wildman–Crippen LogP) is 1.50. The maximum Gasteiger partial charge on any atom is 0.0947 e. The van der Waals surface area contributed by atoms with E-state index in [4.69, 9.17) is 4.74 Å². The van der Waals surface area contributed by atoms with Crippen LogP contribution in [0.15, 0.2) is 12.5 Å². The standard InChI is InChI=1S/C11H21N3O/c1-4-6-15-8-11(12-5-2)10-7-14(3)9-13-10/h7,9,11-12H,4-6,8H2,1-3H3. The molecule has 0 amide bonds. The first-order chi connectivity index (χ1) is 7.27. The highest BCUT2D eigenvalue weighted by Gasteiger charge is 2.12. The third kappa shape index (κ3) is 4.01. The summed E-state index contributed by atoms with van der Waals surface area (Å²) in [6.45, 7) is 6.64. The van der Waals surface area contributed by atoms with Gasteiger partial charge in [-0.3, -0.25) is 0 Å². The zero-order valence-corrected chi connectivity index (χ0v) is 9.86. The molecule has 0 fully saturated rings. The van der Waals surface area contributed by atoms with Gasteiger partial charge in [0.2, 0.25) is 0 Å². The van der Waals surface area contributed by atoms with Crippen molar-refractivity contribution in [3.63, 3.8) is 0 Å². The third-order valence-corrected chi connectivity index (χ3v) is 2.17. The molecule has 15 heavy (non-hydrogen) atoms. The van der Waals surface area contributed by atoms with Crippen molar-refractivity contribution in [2.45, 2.75) is 26.3 Å². The van der Waals surface area contributed by atoms with E-state index in [1.165, 1.54) is 0 Å². The van der Waals surface area contributed by atoms with Gasteiger partial charge in [0.15, 0.2) is 0 Å². The summed E-state index contributed by atoms with van der Waals surface area (Å²) in [6, 6.07) is 0.211. The Labute approximate surface area is 91.7 Å². The molecule has 1 heterocycles. The Morgan fingerprint density at radius 3 is 2.87 bits per heavy atom. The van der Waals surface area contributed by atoms with Gasteiger partial charge in [-0.25, -0.2) is 4.98 Å². The minimum absolute atomic E-state index is 0.211. The van der Waals surface area contributed by atoms with E-state index in [0.29, 0.717) is 6.61 Å². The van der Waals surface area contributed by atoms with Gasteiger partial charge in [-0.15, -0.1) is 0 Å². The Kier molecular flexibility index (Phi) is 5.36. The van der Waals surface area contributed by atoms with Gasteiger partial charge in [0, 0.05) is 19.9 Å². The molecule has 86 valence electrons. The fraction of sp³-hybridized carbons (Fsp3) is 0.727. The van der Waals surface area contributed by atoms with E-state index in [0.717, 1.165) is 25.3 Å². The third-order valence-electron chi connectivity index (χ3n) is 2.17. The molecule has 0 bridgehead atoms. The molecule has 0 saturated heterocycles. The molecule has 0 spiro atoms. The van der Waals surface area contributed by atoms with Crippen molar-refractivity contribution in [2.24, 2.45) is 7.05 Å². The number of rotatable bonds is 7. The van der Waals surface area contributed by atoms with E-state index in [1.54, 1.807) is 0 Å². The highest BCUT2D eigenvalue weighted by molar-refractivity contribution is 5.03. The molecular weight excluding hydrogens is 190 g/mol. The summed E-state index contributed by atoms with van der Waals surface area (Å²) in [5.41, 5.74) is 1.05. The number of nitrogens with zero attached hydrogens (tertiary/aromatic N) is 2. The summed E-state index contributed by atoms with van der Waals surface area (Å²) in [5, 5.41) is 3.37. The first-order valence-corrected chi connectivity index (χ1v) is 5.56. The van der Waals surface area contributed by atoms with Crippen molar-refractivity contribution in [3.05, 3.63) is 18.2 Å². The number of hydrogen-bond donors (Lipinski definition) is 1. The van der Waals surface area contributed by atoms with Crippen LogP contribution in [0.25, 0.3) is 0 Å². The van der Waals surface area contributed by atoms with Gasteiger partial charge >= 0.3 is 0 Å². The van der Waals surface area contributed by atoms with E-state index in [9.17, 15) is 0 Å². The van der Waals surface area contributed by atoms with E-state index >= 15 is 0 Å². The maximum atomic E-state index is 5.55. The van der Waals surface area contributed by atoms with Gasteiger partial charge in [0.05, 0.1) is 24.7 Å². The highest BCUT2D eigenvalue weighted by atomic mass is 16.5. The summed E-state index contributed by atoms with van der Waals surface area (Å²) in [4.78, 5) is 4.33. The molecule has 1 aromatic heterocycles. The van der Waals surface area contributed by atoms with Crippen LogP contribution in [0.2, 0.25) is 0 Å². The number of hydrogen-bond acceptors (Lipinski definition) is 3. The summed E-state index contributed by atoms with van der Waals surface area (Å²) >= 11 is 0. The van der Waals surface area contributed by atoms with E-state index in [1.807, 2.05) is 24.1 Å². The fourth-order valence-electron chi connectivity index (χ4n) is 1.45. The SMILES string of the molecule is CCCOCC(NCC)c1cn(C)cn1. The minimum atomic E-state index is 0.211. The van der Waals surface area contributed by atoms with Gasteiger partial charge in [-0.1, -0.05) is 13.8 Å². The molecule has 1 unspecified atom stereocenters. The number of likely N-dealkylation sites (N-methyl/N-ethyl adjacent to an activating group) is 1. The van der Waals surface area contributed by atoms with Crippen LogP contribution in [0.4, 0.5) is 0 Å². The lowest BCUT2D eigenvalue weighted by Gasteiger charge is -2.15. The zero-order valence-electron chi connectivity index (χ0n) is 9.86. The van der Waals surface area contributed by atoms with Crippen LogP contribution in [0.3, 0.4) is 0 Å². The summed E-state index contributed by atoms with van der Waals surface area (Å²) in [7, 11) is 1.98. The molecule has 0 radical (unpaired) electrons. The number of aromatic nitrogens is 2. The Morgan fingerprint density at radius 1 is 1.53 bits per heavy atom. The van der Waals surface area contributed by atoms with Gasteiger partial charge in [0.25, 0.3) is 0 Å². The number of nitrogens with one attached hydrogen (secondary N) is 1. The Balaban J connectivity index is 2.49. The quantitative estimate of drug-likeness (QED) is 0.695.